The summed E-state index contributed by atoms with van der Waals surface area (Å²) in [5, 5.41) is 0. The van der Waals surface area contributed by atoms with Crippen molar-refractivity contribution < 1.29 is 0 Å². The third kappa shape index (κ3) is 11.7. The average molecular weight is 181 g/mol. The molecule has 1 radical (unpaired) electrons. The summed E-state index contributed by atoms with van der Waals surface area (Å²) in [7, 11) is 0. The molecule has 0 fully saturated rings. The van der Waals surface area contributed by atoms with Gasteiger partial charge in [0.1, 0.15) is 0 Å². The van der Waals surface area contributed by atoms with Gasteiger partial charge in [-0.1, -0.05) is 58.1 Å². The van der Waals surface area contributed by atoms with Crippen molar-refractivity contribution in [2.75, 3.05) is 0 Å². The van der Waals surface area contributed by atoms with Crippen LogP contribution in [-0.4, -0.2) is 0 Å². The molecule has 77 valence electrons. The van der Waals surface area contributed by atoms with Crippen LogP contribution in [0.15, 0.2) is 12.2 Å². The van der Waals surface area contributed by atoms with Gasteiger partial charge in [0.25, 0.3) is 0 Å². The van der Waals surface area contributed by atoms with E-state index in [0.29, 0.717) is 0 Å². The summed E-state index contributed by atoms with van der Waals surface area (Å²) in [5.41, 5.74) is 0. The fourth-order valence-corrected chi connectivity index (χ4v) is 1.36. The molecule has 0 saturated carbocycles. The molecule has 0 amide bonds. The molecule has 0 aliphatic rings. The van der Waals surface area contributed by atoms with E-state index < -0.39 is 0 Å². The van der Waals surface area contributed by atoms with Gasteiger partial charge in [0.2, 0.25) is 0 Å². The van der Waals surface area contributed by atoms with Gasteiger partial charge in [-0.3, -0.25) is 0 Å². The van der Waals surface area contributed by atoms with Crippen LogP contribution >= 0.6 is 0 Å². The van der Waals surface area contributed by atoms with Gasteiger partial charge in [0, 0.05) is 0 Å². The molecule has 0 aromatic rings. The van der Waals surface area contributed by atoms with E-state index in [9.17, 15) is 0 Å². The summed E-state index contributed by atoms with van der Waals surface area (Å²) in [6.07, 6.45) is 16.4. The predicted octanol–water partition coefficient (Wildman–Crippen LogP) is 4.91. The summed E-state index contributed by atoms with van der Waals surface area (Å²) in [4.78, 5) is 0. The second-order valence-corrected chi connectivity index (χ2v) is 3.67. The SMILES string of the molecule is [CH2]CCCC/C=C/CCCCCC. The van der Waals surface area contributed by atoms with E-state index in [0.717, 1.165) is 6.42 Å². The Morgan fingerprint density at radius 2 is 1.46 bits per heavy atom. The van der Waals surface area contributed by atoms with Gasteiger partial charge >= 0.3 is 0 Å². The first-order valence-electron chi connectivity index (χ1n) is 5.86. The minimum atomic E-state index is 1.09. The van der Waals surface area contributed by atoms with Crippen molar-refractivity contribution >= 4 is 0 Å². The number of rotatable bonds is 9. The number of allylic oxidation sites excluding steroid dienone is 2. The van der Waals surface area contributed by atoms with Crippen LogP contribution < -0.4 is 0 Å². The lowest BCUT2D eigenvalue weighted by atomic mass is 10.1. The third-order valence-electron chi connectivity index (χ3n) is 2.26. The molecule has 0 aromatic carbocycles. The molecule has 0 spiro atoms. The lowest BCUT2D eigenvalue weighted by Crippen LogP contribution is -1.74. The molecule has 13 heavy (non-hydrogen) atoms. The topological polar surface area (TPSA) is 0 Å². The highest BCUT2D eigenvalue weighted by molar-refractivity contribution is 4.81. The van der Waals surface area contributed by atoms with Gasteiger partial charge in [-0.05, 0) is 25.7 Å². The van der Waals surface area contributed by atoms with Crippen LogP contribution in [0.25, 0.3) is 0 Å². The number of unbranched alkanes of at least 4 members (excludes halogenated alkanes) is 7. The zero-order chi connectivity index (χ0) is 9.78. The number of hydrogen-bond donors (Lipinski definition) is 0. The van der Waals surface area contributed by atoms with E-state index in [2.05, 4.69) is 26.0 Å². The van der Waals surface area contributed by atoms with Crippen LogP contribution in [0.1, 0.15) is 64.7 Å². The molecule has 0 aliphatic carbocycles. The fourth-order valence-electron chi connectivity index (χ4n) is 1.36. The van der Waals surface area contributed by atoms with Crippen molar-refractivity contribution in [3.8, 4) is 0 Å². The second-order valence-electron chi connectivity index (χ2n) is 3.67. The fraction of sp³-hybridized carbons (Fsp3) is 0.769. The van der Waals surface area contributed by atoms with Crippen LogP contribution in [0.4, 0.5) is 0 Å². The van der Waals surface area contributed by atoms with Gasteiger partial charge in [0.15, 0.2) is 0 Å². The van der Waals surface area contributed by atoms with Crippen LogP contribution in [0.3, 0.4) is 0 Å². The second kappa shape index (κ2) is 11.7. The standard InChI is InChI=1S/C13H25/c1-3-5-7-9-11-13-12-10-8-6-4-2/h11,13H,1,3-10,12H2,2H3/b13-11+. The third-order valence-corrected chi connectivity index (χ3v) is 2.26. The molecular weight excluding hydrogens is 156 g/mol. The van der Waals surface area contributed by atoms with Gasteiger partial charge < -0.3 is 0 Å². The van der Waals surface area contributed by atoms with Crippen molar-refractivity contribution in [1.82, 2.24) is 0 Å². The van der Waals surface area contributed by atoms with Crippen molar-refractivity contribution in [2.24, 2.45) is 0 Å². The monoisotopic (exact) mass is 181 g/mol. The molecule has 0 aliphatic heterocycles. The zero-order valence-electron chi connectivity index (χ0n) is 9.23. The molecule has 0 rings (SSSR count). The molecule has 0 bridgehead atoms. The molecule has 0 heteroatoms. The first-order chi connectivity index (χ1) is 6.41. The van der Waals surface area contributed by atoms with E-state index in [1.807, 2.05) is 0 Å². The quantitative estimate of drug-likeness (QED) is 0.350. The normalized spacial score (nSPS) is 11.2. The van der Waals surface area contributed by atoms with Crippen molar-refractivity contribution in [3.63, 3.8) is 0 Å². The smallest absolute Gasteiger partial charge is 0.0351 e. The maximum absolute atomic E-state index is 3.83. The van der Waals surface area contributed by atoms with E-state index in [1.165, 1.54) is 51.4 Å². The molecule has 0 nitrogen and oxygen atoms in total. The van der Waals surface area contributed by atoms with Gasteiger partial charge in [-0.15, -0.1) is 0 Å². The van der Waals surface area contributed by atoms with Crippen LogP contribution in [0, 0.1) is 6.92 Å². The largest absolute Gasteiger partial charge is 0.0885 e. The average Bonchev–Trinajstić information content (AvgIpc) is 2.16. The van der Waals surface area contributed by atoms with Gasteiger partial charge in [-0.25, -0.2) is 0 Å². The highest BCUT2D eigenvalue weighted by Gasteiger charge is 1.84. The highest BCUT2D eigenvalue weighted by atomic mass is 13.9. The number of hydrogen-bond acceptors (Lipinski definition) is 0. The molecule has 0 aromatic heterocycles. The minimum absolute atomic E-state index is 1.09. The van der Waals surface area contributed by atoms with Gasteiger partial charge in [-0.2, -0.15) is 0 Å². The van der Waals surface area contributed by atoms with E-state index >= 15 is 0 Å². The maximum atomic E-state index is 3.83. The summed E-state index contributed by atoms with van der Waals surface area (Å²) in [6, 6.07) is 0. The molecule has 0 N–H and O–H groups in total. The maximum Gasteiger partial charge on any atom is -0.0351 e. The van der Waals surface area contributed by atoms with E-state index in [1.54, 1.807) is 0 Å². The molecule has 0 atom stereocenters. The van der Waals surface area contributed by atoms with E-state index in [4.69, 9.17) is 0 Å². The summed E-state index contributed by atoms with van der Waals surface area (Å²) >= 11 is 0. The lowest BCUT2D eigenvalue weighted by Gasteiger charge is -1.94. The Morgan fingerprint density at radius 1 is 0.846 bits per heavy atom. The van der Waals surface area contributed by atoms with Gasteiger partial charge in [0.05, 0.1) is 0 Å². The molecule has 0 saturated heterocycles. The molecular formula is C13H25. The van der Waals surface area contributed by atoms with Crippen molar-refractivity contribution in [1.29, 1.82) is 0 Å². The lowest BCUT2D eigenvalue weighted by molar-refractivity contribution is 0.673. The Kier molecular flexibility index (Phi) is 11.5. The summed E-state index contributed by atoms with van der Waals surface area (Å²) in [5.74, 6) is 0. The van der Waals surface area contributed by atoms with Crippen LogP contribution in [0.2, 0.25) is 0 Å². The van der Waals surface area contributed by atoms with E-state index in [-0.39, 0.29) is 0 Å². The summed E-state index contributed by atoms with van der Waals surface area (Å²) < 4.78 is 0. The Labute approximate surface area is 84.4 Å². The molecule has 0 heterocycles. The summed E-state index contributed by atoms with van der Waals surface area (Å²) in [6.45, 7) is 6.09. The molecule has 0 unspecified atom stereocenters. The Balaban J connectivity index is 2.95. The Morgan fingerprint density at radius 3 is 2.00 bits per heavy atom. The zero-order valence-corrected chi connectivity index (χ0v) is 9.23. The van der Waals surface area contributed by atoms with Crippen molar-refractivity contribution in [2.45, 2.75) is 64.7 Å². The Hall–Kier alpha value is -0.260. The first-order valence-corrected chi connectivity index (χ1v) is 5.86. The van der Waals surface area contributed by atoms with Crippen LogP contribution in [-0.2, 0) is 0 Å². The van der Waals surface area contributed by atoms with Crippen molar-refractivity contribution in [3.05, 3.63) is 19.1 Å². The Bertz CT molecular complexity index is 103. The highest BCUT2D eigenvalue weighted by Crippen LogP contribution is 2.04. The first kappa shape index (κ1) is 12.7. The minimum Gasteiger partial charge on any atom is -0.0885 e. The predicted molar refractivity (Wildman–Crippen MR) is 61.7 cm³/mol. The van der Waals surface area contributed by atoms with Crippen LogP contribution in [0.5, 0.6) is 0 Å².